The van der Waals surface area contributed by atoms with E-state index in [-0.39, 0.29) is 5.91 Å². The molecule has 6 nitrogen and oxygen atoms in total. The fourth-order valence-corrected chi connectivity index (χ4v) is 4.24. The molecule has 1 aliphatic rings. The highest BCUT2D eigenvalue weighted by molar-refractivity contribution is 5.93. The monoisotopic (exact) mass is 449 g/mol. The molecular formula is C28H27N5O. The molecule has 0 spiro atoms. The van der Waals surface area contributed by atoms with Crippen LogP contribution in [-0.2, 0) is 11.3 Å². The van der Waals surface area contributed by atoms with Crippen LogP contribution in [0, 0.1) is 0 Å². The van der Waals surface area contributed by atoms with Gasteiger partial charge in [0.05, 0.1) is 12.2 Å². The van der Waals surface area contributed by atoms with Crippen LogP contribution >= 0.6 is 0 Å². The van der Waals surface area contributed by atoms with E-state index in [9.17, 15) is 4.79 Å². The van der Waals surface area contributed by atoms with Gasteiger partial charge in [-0.15, -0.1) is 0 Å². The lowest BCUT2D eigenvalue weighted by molar-refractivity contribution is -0.126. The molecule has 170 valence electrons. The van der Waals surface area contributed by atoms with Crippen LogP contribution in [0.2, 0.25) is 0 Å². The Morgan fingerprint density at radius 1 is 0.853 bits per heavy atom. The summed E-state index contributed by atoms with van der Waals surface area (Å²) in [5.74, 6) is 0.0317. The second-order valence-electron chi connectivity index (χ2n) is 8.33. The van der Waals surface area contributed by atoms with Crippen LogP contribution in [0.3, 0.4) is 0 Å². The summed E-state index contributed by atoms with van der Waals surface area (Å²) in [4.78, 5) is 21.2. The van der Waals surface area contributed by atoms with E-state index in [1.165, 1.54) is 5.56 Å². The number of rotatable bonds is 6. The van der Waals surface area contributed by atoms with Crippen LogP contribution in [-0.4, -0.2) is 51.8 Å². The lowest BCUT2D eigenvalue weighted by Crippen LogP contribution is -2.48. The van der Waals surface area contributed by atoms with Crippen LogP contribution in [0.1, 0.15) is 11.1 Å². The predicted octanol–water partition coefficient (Wildman–Crippen LogP) is 4.36. The summed E-state index contributed by atoms with van der Waals surface area (Å²) in [7, 11) is 0. The SMILES string of the molecule is O=C(C=Cc1cn(Cc2ccccc2)nc1-c1ccccc1)N1CCN(c2ccncc2)CC1. The van der Waals surface area contributed by atoms with Gasteiger partial charge in [-0.25, -0.2) is 0 Å². The average Bonchev–Trinajstić information content (AvgIpc) is 3.31. The van der Waals surface area contributed by atoms with Gasteiger partial charge in [0.15, 0.2) is 0 Å². The molecule has 0 N–H and O–H groups in total. The molecule has 5 rings (SSSR count). The second kappa shape index (κ2) is 10.2. The zero-order valence-corrected chi connectivity index (χ0v) is 19.0. The number of nitrogens with zero attached hydrogens (tertiary/aromatic N) is 5. The van der Waals surface area contributed by atoms with Crippen molar-refractivity contribution >= 4 is 17.7 Å². The zero-order valence-electron chi connectivity index (χ0n) is 19.0. The summed E-state index contributed by atoms with van der Waals surface area (Å²) < 4.78 is 1.94. The number of carbonyl (C=O) groups is 1. The lowest BCUT2D eigenvalue weighted by Gasteiger charge is -2.35. The molecule has 1 saturated heterocycles. The molecule has 0 bridgehead atoms. The van der Waals surface area contributed by atoms with Crippen molar-refractivity contribution in [3.8, 4) is 11.3 Å². The van der Waals surface area contributed by atoms with Crippen LogP contribution in [0.25, 0.3) is 17.3 Å². The number of carbonyl (C=O) groups excluding carboxylic acids is 1. The van der Waals surface area contributed by atoms with Crippen molar-refractivity contribution in [2.75, 3.05) is 31.1 Å². The highest BCUT2D eigenvalue weighted by atomic mass is 16.2. The van der Waals surface area contributed by atoms with E-state index in [1.807, 2.05) is 82.5 Å². The van der Waals surface area contributed by atoms with Crippen molar-refractivity contribution in [2.24, 2.45) is 0 Å². The Balaban J connectivity index is 1.30. The van der Waals surface area contributed by atoms with E-state index < -0.39 is 0 Å². The Labute approximate surface area is 199 Å². The number of hydrogen-bond acceptors (Lipinski definition) is 4. The summed E-state index contributed by atoms with van der Waals surface area (Å²) in [6, 6.07) is 24.4. The van der Waals surface area contributed by atoms with Crippen molar-refractivity contribution in [3.05, 3.63) is 109 Å². The van der Waals surface area contributed by atoms with Gasteiger partial charge in [-0.2, -0.15) is 5.10 Å². The van der Waals surface area contributed by atoms with Gasteiger partial charge < -0.3 is 9.80 Å². The van der Waals surface area contributed by atoms with Gasteiger partial charge in [-0.05, 0) is 23.8 Å². The van der Waals surface area contributed by atoms with Crippen molar-refractivity contribution in [1.29, 1.82) is 0 Å². The first-order valence-corrected chi connectivity index (χ1v) is 11.5. The third kappa shape index (κ3) is 5.07. The molecule has 2 aromatic carbocycles. The molecule has 0 saturated carbocycles. The maximum Gasteiger partial charge on any atom is 0.246 e. The van der Waals surface area contributed by atoms with Gasteiger partial charge in [0.2, 0.25) is 5.91 Å². The summed E-state index contributed by atoms with van der Waals surface area (Å²) in [6.07, 6.45) is 9.20. The smallest absolute Gasteiger partial charge is 0.246 e. The largest absolute Gasteiger partial charge is 0.368 e. The van der Waals surface area contributed by atoms with Crippen LogP contribution in [0.15, 0.2) is 97.5 Å². The minimum absolute atomic E-state index is 0.0317. The van der Waals surface area contributed by atoms with E-state index in [0.29, 0.717) is 19.6 Å². The van der Waals surface area contributed by atoms with E-state index in [2.05, 4.69) is 22.0 Å². The molecule has 1 fully saturated rings. The van der Waals surface area contributed by atoms with Gasteiger partial charge >= 0.3 is 0 Å². The number of benzene rings is 2. The molecular weight excluding hydrogens is 422 g/mol. The maximum absolute atomic E-state index is 12.9. The summed E-state index contributed by atoms with van der Waals surface area (Å²) in [5, 5.41) is 4.84. The van der Waals surface area contributed by atoms with Gasteiger partial charge in [0.1, 0.15) is 0 Å². The fraction of sp³-hybridized carbons (Fsp3) is 0.179. The first-order valence-electron chi connectivity index (χ1n) is 11.5. The molecule has 4 aromatic rings. The third-order valence-electron chi connectivity index (χ3n) is 6.05. The van der Waals surface area contributed by atoms with Crippen molar-refractivity contribution in [1.82, 2.24) is 19.7 Å². The Hall–Kier alpha value is -4.19. The molecule has 6 heteroatoms. The highest BCUT2D eigenvalue weighted by Gasteiger charge is 2.20. The molecule has 3 heterocycles. The summed E-state index contributed by atoms with van der Waals surface area (Å²) >= 11 is 0. The van der Waals surface area contributed by atoms with Crippen molar-refractivity contribution in [3.63, 3.8) is 0 Å². The van der Waals surface area contributed by atoms with Crippen LogP contribution < -0.4 is 4.90 Å². The van der Waals surface area contributed by atoms with Gasteiger partial charge in [-0.1, -0.05) is 60.7 Å². The molecule has 0 radical (unpaired) electrons. The van der Waals surface area contributed by atoms with E-state index in [0.717, 1.165) is 35.6 Å². The number of piperazine rings is 1. The van der Waals surface area contributed by atoms with Crippen LogP contribution in [0.4, 0.5) is 5.69 Å². The third-order valence-corrected chi connectivity index (χ3v) is 6.05. The number of hydrogen-bond donors (Lipinski definition) is 0. The fourth-order valence-electron chi connectivity index (χ4n) is 4.24. The zero-order chi connectivity index (χ0) is 23.2. The number of aromatic nitrogens is 3. The molecule has 0 aliphatic carbocycles. The summed E-state index contributed by atoms with van der Waals surface area (Å²) in [6.45, 7) is 3.70. The minimum Gasteiger partial charge on any atom is -0.368 e. The Kier molecular flexibility index (Phi) is 6.47. The Bertz CT molecular complexity index is 1240. The molecule has 2 aromatic heterocycles. The Morgan fingerprint density at radius 2 is 1.53 bits per heavy atom. The molecule has 1 aliphatic heterocycles. The highest BCUT2D eigenvalue weighted by Crippen LogP contribution is 2.24. The molecule has 0 unspecified atom stereocenters. The van der Waals surface area contributed by atoms with Crippen molar-refractivity contribution in [2.45, 2.75) is 6.54 Å². The van der Waals surface area contributed by atoms with E-state index >= 15 is 0 Å². The first kappa shape index (κ1) is 21.6. The number of anilines is 1. The van der Waals surface area contributed by atoms with Crippen LogP contribution in [0.5, 0.6) is 0 Å². The average molecular weight is 450 g/mol. The Morgan fingerprint density at radius 3 is 2.24 bits per heavy atom. The normalized spacial score (nSPS) is 14.0. The number of pyridine rings is 1. The molecule has 1 amide bonds. The first-order chi connectivity index (χ1) is 16.8. The van der Waals surface area contributed by atoms with E-state index in [4.69, 9.17) is 5.10 Å². The van der Waals surface area contributed by atoms with Gasteiger partial charge in [-0.3, -0.25) is 14.5 Å². The minimum atomic E-state index is 0.0317. The molecule has 34 heavy (non-hydrogen) atoms. The number of amides is 1. The lowest BCUT2D eigenvalue weighted by atomic mass is 10.1. The molecule has 0 atom stereocenters. The standard InChI is InChI=1S/C28H27N5O/c34-27(32-19-17-31(18-20-32)26-13-15-29-16-14-26)12-11-25-22-33(21-23-7-3-1-4-8-23)30-28(25)24-9-5-2-6-10-24/h1-16,22H,17-21H2. The quantitative estimate of drug-likeness (QED) is 0.411. The van der Waals surface area contributed by atoms with Gasteiger partial charge in [0, 0.05) is 67.7 Å². The van der Waals surface area contributed by atoms with Gasteiger partial charge in [0.25, 0.3) is 0 Å². The van der Waals surface area contributed by atoms with E-state index in [1.54, 1.807) is 18.5 Å². The van der Waals surface area contributed by atoms with Crippen molar-refractivity contribution < 1.29 is 4.79 Å². The maximum atomic E-state index is 12.9. The second-order valence-corrected chi connectivity index (χ2v) is 8.33. The topological polar surface area (TPSA) is 54.3 Å². The summed E-state index contributed by atoms with van der Waals surface area (Å²) in [5.41, 5.74) is 5.18. The predicted molar refractivity (Wildman–Crippen MR) is 135 cm³/mol.